The second-order valence-electron chi connectivity index (χ2n) is 5.00. The molecule has 0 spiro atoms. The molecule has 1 amide bonds. The summed E-state index contributed by atoms with van der Waals surface area (Å²) in [5.41, 5.74) is 5.75. The lowest BCUT2D eigenvalue weighted by Gasteiger charge is -2.02. The Morgan fingerprint density at radius 1 is 1.12 bits per heavy atom. The van der Waals surface area contributed by atoms with Gasteiger partial charge in [0, 0.05) is 5.56 Å². The predicted molar refractivity (Wildman–Crippen MR) is 84.4 cm³/mol. The van der Waals surface area contributed by atoms with Crippen LogP contribution in [0, 0.1) is 11.6 Å². The van der Waals surface area contributed by atoms with Gasteiger partial charge in [0.2, 0.25) is 0 Å². The van der Waals surface area contributed by atoms with Gasteiger partial charge in [0.15, 0.2) is 0 Å². The van der Waals surface area contributed by atoms with Crippen LogP contribution in [0.5, 0.6) is 5.75 Å². The fraction of sp³-hybridized carbons (Fsp3) is 0.0588. The first-order valence-electron chi connectivity index (χ1n) is 7.00. The number of H-pyrrole nitrogens is 1. The van der Waals surface area contributed by atoms with Crippen LogP contribution in [0.2, 0.25) is 0 Å². The van der Waals surface area contributed by atoms with Crippen LogP contribution >= 0.6 is 0 Å². The molecule has 122 valence electrons. The highest BCUT2D eigenvalue weighted by molar-refractivity contribution is 5.98. The van der Waals surface area contributed by atoms with E-state index in [1.165, 1.54) is 13.2 Å². The largest absolute Gasteiger partial charge is 0.497 e. The van der Waals surface area contributed by atoms with Crippen LogP contribution in [0.15, 0.2) is 42.5 Å². The van der Waals surface area contributed by atoms with Gasteiger partial charge in [0.25, 0.3) is 5.91 Å². The Kier molecular flexibility index (Phi) is 3.99. The number of hydrogen-bond donors (Lipinski definition) is 2. The number of hydrogen-bond acceptors (Lipinski definition) is 3. The highest BCUT2D eigenvalue weighted by Crippen LogP contribution is 2.29. The highest BCUT2D eigenvalue weighted by Gasteiger charge is 2.21. The van der Waals surface area contributed by atoms with Crippen LogP contribution < -0.4 is 10.5 Å². The first-order chi connectivity index (χ1) is 11.5. The number of benzene rings is 2. The predicted octanol–water partition coefficient (Wildman–Crippen LogP) is 3.13. The van der Waals surface area contributed by atoms with E-state index in [9.17, 15) is 13.6 Å². The Morgan fingerprint density at radius 3 is 2.29 bits per heavy atom. The van der Waals surface area contributed by atoms with E-state index < -0.39 is 17.5 Å². The van der Waals surface area contributed by atoms with Crippen LogP contribution in [-0.4, -0.2) is 23.0 Å². The zero-order valence-corrected chi connectivity index (χ0v) is 12.6. The van der Waals surface area contributed by atoms with Crippen LogP contribution in [0.25, 0.3) is 22.6 Å². The summed E-state index contributed by atoms with van der Waals surface area (Å²) in [6.07, 6.45) is 0. The minimum Gasteiger partial charge on any atom is -0.497 e. The zero-order valence-electron chi connectivity index (χ0n) is 12.6. The van der Waals surface area contributed by atoms with Gasteiger partial charge in [-0.15, -0.1) is 0 Å². The number of methoxy groups -OCH3 is 1. The first-order valence-corrected chi connectivity index (χ1v) is 7.00. The first kappa shape index (κ1) is 15.7. The summed E-state index contributed by atoms with van der Waals surface area (Å²) in [6.45, 7) is 0. The Bertz CT molecular complexity index is 884. The van der Waals surface area contributed by atoms with Crippen molar-refractivity contribution in [1.29, 1.82) is 0 Å². The molecule has 7 heteroatoms. The third-order valence-corrected chi connectivity index (χ3v) is 3.51. The van der Waals surface area contributed by atoms with Crippen molar-refractivity contribution in [3.05, 3.63) is 59.8 Å². The summed E-state index contributed by atoms with van der Waals surface area (Å²) in [5, 5.41) is 0. The molecule has 0 atom stereocenters. The lowest BCUT2D eigenvalue weighted by molar-refractivity contribution is 0.0996. The van der Waals surface area contributed by atoms with Gasteiger partial charge in [0.05, 0.1) is 12.7 Å². The SMILES string of the molecule is COc1ccc(-c2nc(-c3c(F)cccc3F)[nH]c2C(N)=O)cc1. The van der Waals surface area contributed by atoms with Crippen molar-refractivity contribution in [2.24, 2.45) is 5.73 Å². The van der Waals surface area contributed by atoms with Gasteiger partial charge >= 0.3 is 0 Å². The van der Waals surface area contributed by atoms with Gasteiger partial charge in [-0.2, -0.15) is 0 Å². The number of carbonyl (C=O) groups is 1. The van der Waals surface area contributed by atoms with Crippen LogP contribution in [0.1, 0.15) is 10.5 Å². The molecule has 2 aromatic carbocycles. The molecular formula is C17H13F2N3O2. The summed E-state index contributed by atoms with van der Waals surface area (Å²) >= 11 is 0. The standard InChI is InChI=1S/C17H13F2N3O2/c1-24-10-7-5-9(6-8-10)14-15(16(20)23)22-17(21-14)13-11(18)3-2-4-12(13)19/h2-8H,1H3,(H2,20,23)(H,21,22). The third-order valence-electron chi connectivity index (χ3n) is 3.51. The minimum atomic E-state index is -0.791. The summed E-state index contributed by atoms with van der Waals surface area (Å²) in [4.78, 5) is 18.5. The molecule has 0 aliphatic rings. The monoisotopic (exact) mass is 329 g/mol. The number of nitrogens with one attached hydrogen (secondary N) is 1. The molecule has 1 heterocycles. The molecule has 0 unspecified atom stereocenters. The van der Waals surface area contributed by atoms with E-state index in [0.29, 0.717) is 11.3 Å². The minimum absolute atomic E-state index is 0.0298. The molecule has 3 aromatic rings. The molecule has 5 nitrogen and oxygen atoms in total. The average Bonchev–Trinajstić information content (AvgIpc) is 3.00. The van der Waals surface area contributed by atoms with Crippen LogP contribution in [-0.2, 0) is 0 Å². The molecule has 3 rings (SSSR count). The number of rotatable bonds is 4. The molecule has 0 aliphatic carbocycles. The Labute approximate surface area is 136 Å². The van der Waals surface area contributed by atoms with E-state index in [4.69, 9.17) is 10.5 Å². The molecular weight excluding hydrogens is 316 g/mol. The fourth-order valence-corrected chi connectivity index (χ4v) is 2.35. The van der Waals surface area contributed by atoms with Crippen LogP contribution in [0.3, 0.4) is 0 Å². The summed E-state index contributed by atoms with van der Waals surface area (Å²) < 4.78 is 33.0. The third kappa shape index (κ3) is 2.71. The molecule has 3 N–H and O–H groups in total. The molecule has 0 saturated heterocycles. The lowest BCUT2D eigenvalue weighted by atomic mass is 10.1. The maximum atomic E-state index is 13.9. The van der Waals surface area contributed by atoms with E-state index in [2.05, 4.69) is 9.97 Å². The normalized spacial score (nSPS) is 10.6. The number of carbonyl (C=O) groups excluding carboxylic acids is 1. The maximum absolute atomic E-state index is 13.9. The highest BCUT2D eigenvalue weighted by atomic mass is 19.1. The molecule has 24 heavy (non-hydrogen) atoms. The lowest BCUT2D eigenvalue weighted by Crippen LogP contribution is -2.12. The average molecular weight is 329 g/mol. The number of imidazole rings is 1. The van der Waals surface area contributed by atoms with Crippen molar-refractivity contribution in [3.63, 3.8) is 0 Å². The summed E-state index contributed by atoms with van der Waals surface area (Å²) in [5.74, 6) is -1.85. The van der Waals surface area contributed by atoms with Gasteiger partial charge in [-0.3, -0.25) is 4.79 Å². The summed E-state index contributed by atoms with van der Waals surface area (Å²) in [6, 6.07) is 10.2. The number of nitrogens with zero attached hydrogens (tertiary/aromatic N) is 1. The maximum Gasteiger partial charge on any atom is 0.267 e. The fourth-order valence-electron chi connectivity index (χ4n) is 2.35. The van der Waals surface area contributed by atoms with E-state index in [0.717, 1.165) is 12.1 Å². The van der Waals surface area contributed by atoms with Gasteiger partial charge < -0.3 is 15.5 Å². The molecule has 1 aromatic heterocycles. The molecule has 0 bridgehead atoms. The van der Waals surface area contributed by atoms with Gasteiger partial charge in [-0.05, 0) is 36.4 Å². The van der Waals surface area contributed by atoms with E-state index in [1.54, 1.807) is 24.3 Å². The number of primary amides is 1. The number of aromatic amines is 1. The Hall–Kier alpha value is -3.22. The van der Waals surface area contributed by atoms with Crippen molar-refractivity contribution in [2.75, 3.05) is 7.11 Å². The van der Waals surface area contributed by atoms with Crippen molar-refractivity contribution in [2.45, 2.75) is 0 Å². The second kappa shape index (κ2) is 6.11. The van der Waals surface area contributed by atoms with Crippen molar-refractivity contribution >= 4 is 5.91 Å². The quantitative estimate of drug-likeness (QED) is 0.771. The number of ether oxygens (including phenoxy) is 1. The Morgan fingerprint density at radius 2 is 1.75 bits per heavy atom. The van der Waals surface area contributed by atoms with E-state index in [-0.39, 0.29) is 22.8 Å². The summed E-state index contributed by atoms with van der Waals surface area (Å²) in [7, 11) is 1.53. The van der Waals surface area contributed by atoms with E-state index in [1.807, 2.05) is 0 Å². The van der Waals surface area contributed by atoms with Gasteiger partial charge in [0.1, 0.15) is 34.6 Å². The smallest absolute Gasteiger partial charge is 0.267 e. The molecule has 0 fully saturated rings. The molecule has 0 aliphatic heterocycles. The van der Waals surface area contributed by atoms with Crippen molar-refractivity contribution in [1.82, 2.24) is 9.97 Å². The number of aromatic nitrogens is 2. The number of amides is 1. The van der Waals surface area contributed by atoms with Gasteiger partial charge in [-0.1, -0.05) is 6.07 Å². The topological polar surface area (TPSA) is 81.0 Å². The van der Waals surface area contributed by atoms with Crippen molar-refractivity contribution < 1.29 is 18.3 Å². The second-order valence-corrected chi connectivity index (χ2v) is 5.00. The zero-order chi connectivity index (χ0) is 17.3. The number of nitrogens with two attached hydrogens (primary N) is 1. The molecule has 0 saturated carbocycles. The van der Waals surface area contributed by atoms with E-state index >= 15 is 0 Å². The van der Waals surface area contributed by atoms with Gasteiger partial charge in [-0.25, -0.2) is 13.8 Å². The molecule has 0 radical (unpaired) electrons. The number of halogens is 2. The van der Waals surface area contributed by atoms with Crippen LogP contribution in [0.4, 0.5) is 8.78 Å². The van der Waals surface area contributed by atoms with Crippen molar-refractivity contribution in [3.8, 4) is 28.4 Å². The Balaban J connectivity index is 2.16.